The molecule has 0 aliphatic carbocycles. The summed E-state index contributed by atoms with van der Waals surface area (Å²) in [6, 6.07) is 7.65. The number of nitrogens with two attached hydrogens (primary N) is 1. The van der Waals surface area contributed by atoms with Crippen molar-refractivity contribution in [2.75, 3.05) is 32.7 Å². The van der Waals surface area contributed by atoms with Gasteiger partial charge in [0.1, 0.15) is 6.54 Å². The van der Waals surface area contributed by atoms with E-state index in [1.54, 1.807) is 0 Å². The fraction of sp³-hybridized carbons (Fsp3) is 0.412. The van der Waals surface area contributed by atoms with Crippen molar-refractivity contribution in [3.05, 3.63) is 35.5 Å². The number of carbonyl (C=O) groups is 2. The number of aromatic nitrogens is 1. The Kier molecular flexibility index (Phi) is 5.06. The molecule has 128 valence electrons. The van der Waals surface area contributed by atoms with Crippen molar-refractivity contribution in [1.82, 2.24) is 14.4 Å². The molecule has 7 heteroatoms. The lowest BCUT2D eigenvalue weighted by molar-refractivity contribution is -0.131. The van der Waals surface area contributed by atoms with E-state index in [0.717, 1.165) is 23.9 Å². The van der Waals surface area contributed by atoms with E-state index >= 15 is 0 Å². The van der Waals surface area contributed by atoms with Gasteiger partial charge in [-0.2, -0.15) is 0 Å². The van der Waals surface area contributed by atoms with Crippen molar-refractivity contribution in [2.45, 2.75) is 13.0 Å². The quantitative estimate of drug-likeness (QED) is 0.905. The van der Waals surface area contributed by atoms with Gasteiger partial charge in [-0.1, -0.05) is 17.7 Å². The van der Waals surface area contributed by atoms with Crippen LogP contribution in [0.3, 0.4) is 0 Å². The fourth-order valence-corrected chi connectivity index (χ4v) is 3.31. The Morgan fingerprint density at radius 1 is 1.08 bits per heavy atom. The molecule has 0 radical (unpaired) electrons. The molecule has 2 amide bonds. The van der Waals surface area contributed by atoms with E-state index in [-0.39, 0.29) is 18.4 Å². The van der Waals surface area contributed by atoms with Crippen LogP contribution in [-0.2, 0) is 16.1 Å². The van der Waals surface area contributed by atoms with Crippen LogP contribution in [0.1, 0.15) is 6.42 Å². The number of fused-ring (bicyclic) bond motifs is 1. The summed E-state index contributed by atoms with van der Waals surface area (Å²) in [7, 11) is 0. The minimum atomic E-state index is -0.328. The Morgan fingerprint density at radius 2 is 1.92 bits per heavy atom. The van der Waals surface area contributed by atoms with Crippen LogP contribution in [0.15, 0.2) is 30.5 Å². The van der Waals surface area contributed by atoms with Gasteiger partial charge in [0.15, 0.2) is 0 Å². The molecular formula is C17H21ClN4O2. The maximum absolute atomic E-state index is 12.6. The van der Waals surface area contributed by atoms with Crippen LogP contribution in [0.2, 0.25) is 5.02 Å². The first kappa shape index (κ1) is 16.8. The highest BCUT2D eigenvalue weighted by molar-refractivity contribution is 6.31. The molecule has 0 unspecified atom stereocenters. The second kappa shape index (κ2) is 7.23. The number of hydrogen-bond acceptors (Lipinski definition) is 3. The summed E-state index contributed by atoms with van der Waals surface area (Å²) in [6.45, 7) is 3.32. The number of primary amides is 1. The van der Waals surface area contributed by atoms with Crippen molar-refractivity contribution < 1.29 is 9.59 Å². The van der Waals surface area contributed by atoms with E-state index in [1.807, 2.05) is 44.8 Å². The van der Waals surface area contributed by atoms with Crippen LogP contribution >= 0.6 is 11.6 Å². The topological polar surface area (TPSA) is 71.6 Å². The average molecular weight is 349 g/mol. The lowest BCUT2D eigenvalue weighted by Crippen LogP contribution is -2.39. The molecule has 1 aromatic carbocycles. The van der Waals surface area contributed by atoms with E-state index in [9.17, 15) is 9.59 Å². The second-order valence-electron chi connectivity index (χ2n) is 6.12. The standard InChI is InChI=1S/C17H21ClN4O2/c18-14-3-2-13-4-7-22(15(13)10-14)12-17(24)21-6-1-5-20(8-9-21)11-16(19)23/h2-4,7,10H,1,5-6,8-9,11-12H2,(H2,19,23). The summed E-state index contributed by atoms with van der Waals surface area (Å²) in [6.07, 6.45) is 2.76. The van der Waals surface area contributed by atoms with E-state index in [1.165, 1.54) is 0 Å². The molecule has 1 aliphatic rings. The molecule has 0 atom stereocenters. The van der Waals surface area contributed by atoms with Gasteiger partial charge in [-0.15, -0.1) is 0 Å². The Hall–Kier alpha value is -2.05. The first-order chi connectivity index (χ1) is 11.5. The summed E-state index contributed by atoms with van der Waals surface area (Å²) in [5, 5.41) is 1.72. The third-order valence-electron chi connectivity index (χ3n) is 4.36. The van der Waals surface area contributed by atoms with Crippen LogP contribution in [-0.4, -0.2) is 58.9 Å². The highest BCUT2D eigenvalue weighted by Gasteiger charge is 2.20. The van der Waals surface area contributed by atoms with E-state index in [2.05, 4.69) is 0 Å². The molecule has 2 heterocycles. The molecule has 2 N–H and O–H groups in total. The van der Waals surface area contributed by atoms with Gasteiger partial charge in [0.25, 0.3) is 0 Å². The van der Waals surface area contributed by atoms with Crippen LogP contribution in [0.5, 0.6) is 0 Å². The number of amides is 2. The predicted octanol–water partition coefficient (Wildman–Crippen LogP) is 1.31. The molecule has 0 spiro atoms. The molecule has 3 rings (SSSR count). The Balaban J connectivity index is 1.66. The smallest absolute Gasteiger partial charge is 0.242 e. The van der Waals surface area contributed by atoms with Gasteiger partial charge in [-0.3, -0.25) is 14.5 Å². The van der Waals surface area contributed by atoms with Crippen molar-refractivity contribution in [3.63, 3.8) is 0 Å². The third-order valence-corrected chi connectivity index (χ3v) is 4.60. The SMILES string of the molecule is NC(=O)CN1CCCN(C(=O)Cn2ccc3ccc(Cl)cc32)CC1. The minimum absolute atomic E-state index is 0.0772. The van der Waals surface area contributed by atoms with Gasteiger partial charge in [-0.05, 0) is 30.0 Å². The molecule has 24 heavy (non-hydrogen) atoms. The largest absolute Gasteiger partial charge is 0.369 e. The summed E-state index contributed by atoms with van der Waals surface area (Å²) >= 11 is 6.06. The Morgan fingerprint density at radius 3 is 2.71 bits per heavy atom. The predicted molar refractivity (Wildman–Crippen MR) is 93.8 cm³/mol. The number of hydrogen-bond donors (Lipinski definition) is 1. The zero-order valence-electron chi connectivity index (χ0n) is 13.4. The Bertz CT molecular complexity index is 758. The van der Waals surface area contributed by atoms with Crippen LogP contribution in [0.25, 0.3) is 10.9 Å². The first-order valence-corrected chi connectivity index (χ1v) is 8.43. The van der Waals surface area contributed by atoms with Crippen LogP contribution in [0, 0.1) is 0 Å². The molecule has 2 aromatic rings. The molecule has 6 nitrogen and oxygen atoms in total. The number of nitrogens with zero attached hydrogens (tertiary/aromatic N) is 3. The number of carbonyl (C=O) groups excluding carboxylic acids is 2. The van der Waals surface area contributed by atoms with Gasteiger partial charge in [0, 0.05) is 42.9 Å². The number of benzene rings is 1. The first-order valence-electron chi connectivity index (χ1n) is 8.06. The highest BCUT2D eigenvalue weighted by Crippen LogP contribution is 2.20. The fourth-order valence-electron chi connectivity index (χ4n) is 3.14. The number of halogens is 1. The normalized spacial score (nSPS) is 16.3. The van der Waals surface area contributed by atoms with Crippen LogP contribution < -0.4 is 5.73 Å². The minimum Gasteiger partial charge on any atom is -0.369 e. The maximum atomic E-state index is 12.6. The summed E-state index contributed by atoms with van der Waals surface area (Å²) in [5.74, 6) is -0.251. The summed E-state index contributed by atoms with van der Waals surface area (Å²) in [5.41, 5.74) is 6.21. The number of rotatable bonds is 4. The lowest BCUT2D eigenvalue weighted by Gasteiger charge is -2.21. The second-order valence-corrected chi connectivity index (χ2v) is 6.56. The zero-order valence-corrected chi connectivity index (χ0v) is 14.2. The van der Waals surface area contributed by atoms with Crippen molar-refractivity contribution in [2.24, 2.45) is 5.73 Å². The summed E-state index contributed by atoms with van der Waals surface area (Å²) in [4.78, 5) is 27.5. The van der Waals surface area contributed by atoms with Crippen molar-refractivity contribution >= 4 is 34.3 Å². The lowest BCUT2D eigenvalue weighted by atomic mass is 10.2. The Labute approximate surface area is 145 Å². The monoisotopic (exact) mass is 348 g/mol. The average Bonchev–Trinajstić information content (AvgIpc) is 2.77. The van der Waals surface area contributed by atoms with E-state index in [4.69, 9.17) is 17.3 Å². The highest BCUT2D eigenvalue weighted by atomic mass is 35.5. The van der Waals surface area contributed by atoms with Gasteiger partial charge in [-0.25, -0.2) is 0 Å². The maximum Gasteiger partial charge on any atom is 0.242 e. The van der Waals surface area contributed by atoms with Crippen LogP contribution in [0.4, 0.5) is 0 Å². The molecule has 0 bridgehead atoms. The molecule has 1 fully saturated rings. The van der Waals surface area contributed by atoms with Gasteiger partial charge in [0.05, 0.1) is 6.54 Å². The molecule has 1 saturated heterocycles. The zero-order chi connectivity index (χ0) is 17.1. The van der Waals surface area contributed by atoms with Gasteiger partial charge < -0.3 is 15.2 Å². The van der Waals surface area contributed by atoms with Crippen molar-refractivity contribution in [1.29, 1.82) is 0 Å². The molecular weight excluding hydrogens is 328 g/mol. The third kappa shape index (κ3) is 3.88. The molecule has 0 saturated carbocycles. The summed E-state index contributed by atoms with van der Waals surface area (Å²) < 4.78 is 1.93. The van der Waals surface area contributed by atoms with Gasteiger partial charge in [0.2, 0.25) is 11.8 Å². The van der Waals surface area contributed by atoms with E-state index in [0.29, 0.717) is 31.2 Å². The van der Waals surface area contributed by atoms with E-state index < -0.39 is 0 Å². The van der Waals surface area contributed by atoms with Gasteiger partial charge >= 0.3 is 0 Å². The molecule has 1 aromatic heterocycles. The molecule has 1 aliphatic heterocycles. The van der Waals surface area contributed by atoms with Crippen molar-refractivity contribution in [3.8, 4) is 0 Å².